The summed E-state index contributed by atoms with van der Waals surface area (Å²) in [5.74, 6) is 0.655. The Balaban J connectivity index is 1.94. The van der Waals surface area contributed by atoms with Gasteiger partial charge in [0.1, 0.15) is 0 Å². The number of carbonyl (C=O) groups is 2. The molecule has 0 heterocycles. The van der Waals surface area contributed by atoms with Gasteiger partial charge in [0, 0.05) is 23.7 Å². The number of rotatable bonds is 4. The topological polar surface area (TPSA) is 64.6 Å². The molecule has 3 rings (SSSR count). The molecule has 5 heteroatoms. The van der Waals surface area contributed by atoms with Crippen LogP contribution in [0.1, 0.15) is 59.0 Å². The van der Waals surface area contributed by atoms with Gasteiger partial charge in [0.15, 0.2) is 17.3 Å². The van der Waals surface area contributed by atoms with Crippen molar-refractivity contribution in [1.82, 2.24) is 0 Å². The molecule has 0 saturated heterocycles. The van der Waals surface area contributed by atoms with Gasteiger partial charge in [-0.05, 0) is 35.1 Å². The average molecular weight is 367 g/mol. The third-order valence-corrected chi connectivity index (χ3v) is 4.92. The van der Waals surface area contributed by atoms with Gasteiger partial charge in [-0.3, -0.25) is 9.59 Å². The Morgan fingerprint density at radius 3 is 2.26 bits per heavy atom. The van der Waals surface area contributed by atoms with Crippen LogP contribution in [-0.2, 0) is 11.8 Å². The summed E-state index contributed by atoms with van der Waals surface area (Å²) in [6.07, 6.45) is 0.981. The van der Waals surface area contributed by atoms with Crippen LogP contribution in [0.2, 0.25) is 0 Å². The zero-order valence-corrected chi connectivity index (χ0v) is 16.4. The van der Waals surface area contributed by atoms with Crippen molar-refractivity contribution in [2.24, 2.45) is 0 Å². The molecule has 0 saturated carbocycles. The first-order valence-corrected chi connectivity index (χ1v) is 8.99. The van der Waals surface area contributed by atoms with Crippen LogP contribution in [0.5, 0.6) is 11.5 Å². The Labute approximate surface area is 159 Å². The summed E-state index contributed by atoms with van der Waals surface area (Å²) in [6, 6.07) is 9.30. The van der Waals surface area contributed by atoms with E-state index in [1.165, 1.54) is 14.2 Å². The van der Waals surface area contributed by atoms with Crippen LogP contribution in [0.4, 0.5) is 5.69 Å². The fourth-order valence-corrected chi connectivity index (χ4v) is 3.38. The van der Waals surface area contributed by atoms with Crippen LogP contribution in [0.15, 0.2) is 30.3 Å². The molecule has 0 aliphatic heterocycles. The van der Waals surface area contributed by atoms with Gasteiger partial charge in [0.2, 0.25) is 0 Å². The summed E-state index contributed by atoms with van der Waals surface area (Å²) in [5.41, 5.74) is 3.66. The molecule has 1 amide bonds. The first-order chi connectivity index (χ1) is 12.8. The van der Waals surface area contributed by atoms with Crippen molar-refractivity contribution in [1.29, 1.82) is 0 Å². The number of anilines is 1. The maximum atomic E-state index is 12.7. The van der Waals surface area contributed by atoms with Crippen molar-refractivity contribution >= 4 is 17.4 Å². The lowest BCUT2D eigenvalue weighted by molar-refractivity contribution is 0.0989. The van der Waals surface area contributed by atoms with Gasteiger partial charge in [0.05, 0.1) is 19.8 Å². The van der Waals surface area contributed by atoms with Crippen LogP contribution in [-0.4, -0.2) is 25.9 Å². The Kier molecular flexibility index (Phi) is 4.96. The van der Waals surface area contributed by atoms with Gasteiger partial charge < -0.3 is 14.8 Å². The van der Waals surface area contributed by atoms with E-state index in [1.54, 1.807) is 6.07 Å². The lowest BCUT2D eigenvalue weighted by atomic mass is 9.86. The van der Waals surface area contributed by atoms with Crippen LogP contribution >= 0.6 is 0 Å². The van der Waals surface area contributed by atoms with E-state index in [-0.39, 0.29) is 17.1 Å². The summed E-state index contributed by atoms with van der Waals surface area (Å²) in [4.78, 5) is 25.0. The maximum Gasteiger partial charge on any atom is 0.255 e. The molecule has 5 nitrogen and oxygen atoms in total. The Bertz CT molecular complexity index is 892. The normalized spacial score (nSPS) is 13.3. The summed E-state index contributed by atoms with van der Waals surface area (Å²) in [6.45, 7) is 6.39. The van der Waals surface area contributed by atoms with Crippen LogP contribution in [0, 0.1) is 0 Å². The number of nitrogens with one attached hydrogen (secondary N) is 1. The molecule has 0 spiro atoms. The molecule has 0 radical (unpaired) electrons. The first kappa shape index (κ1) is 19.0. The summed E-state index contributed by atoms with van der Waals surface area (Å²) < 4.78 is 10.7. The average Bonchev–Trinajstić information content (AvgIpc) is 3.03. The van der Waals surface area contributed by atoms with Crippen LogP contribution in [0.25, 0.3) is 0 Å². The lowest BCUT2D eigenvalue weighted by Gasteiger charge is -2.19. The zero-order valence-electron chi connectivity index (χ0n) is 16.4. The number of benzene rings is 2. The van der Waals surface area contributed by atoms with E-state index in [0.717, 1.165) is 11.1 Å². The molecule has 142 valence electrons. The second kappa shape index (κ2) is 7.06. The minimum atomic E-state index is -0.218. The molecule has 2 aromatic rings. The number of carbonyl (C=O) groups excluding carboxylic acids is 2. The molecular formula is C22H25NO4. The highest BCUT2D eigenvalue weighted by molar-refractivity contribution is 6.09. The molecule has 0 fully saturated rings. The minimum absolute atomic E-state index is 0.00535. The molecule has 0 atom stereocenters. The summed E-state index contributed by atoms with van der Waals surface area (Å²) in [5, 5.41) is 2.94. The Morgan fingerprint density at radius 2 is 1.70 bits per heavy atom. The van der Waals surface area contributed by atoms with E-state index in [4.69, 9.17) is 9.47 Å². The Morgan fingerprint density at radius 1 is 1.04 bits per heavy atom. The largest absolute Gasteiger partial charge is 0.493 e. The van der Waals surface area contributed by atoms with Crippen molar-refractivity contribution in [3.8, 4) is 11.5 Å². The highest BCUT2D eigenvalue weighted by Gasteiger charge is 2.30. The number of amides is 1. The fraction of sp³-hybridized carbons (Fsp3) is 0.364. The van der Waals surface area contributed by atoms with Gasteiger partial charge in [-0.2, -0.15) is 0 Å². The van der Waals surface area contributed by atoms with Crippen LogP contribution < -0.4 is 14.8 Å². The van der Waals surface area contributed by atoms with Crippen molar-refractivity contribution in [2.75, 3.05) is 19.5 Å². The number of hydrogen-bond acceptors (Lipinski definition) is 4. The summed E-state index contributed by atoms with van der Waals surface area (Å²) >= 11 is 0. The third-order valence-electron chi connectivity index (χ3n) is 4.92. The van der Waals surface area contributed by atoms with Gasteiger partial charge >= 0.3 is 0 Å². The fourth-order valence-electron chi connectivity index (χ4n) is 3.38. The van der Waals surface area contributed by atoms with Gasteiger partial charge in [-0.1, -0.05) is 32.9 Å². The molecule has 0 bridgehead atoms. The van der Waals surface area contributed by atoms with Crippen molar-refractivity contribution < 1.29 is 19.1 Å². The van der Waals surface area contributed by atoms with E-state index < -0.39 is 0 Å². The highest BCUT2D eigenvalue weighted by Crippen LogP contribution is 2.42. The van der Waals surface area contributed by atoms with Crippen LogP contribution in [0.3, 0.4) is 0 Å². The summed E-state index contributed by atoms with van der Waals surface area (Å²) in [7, 11) is 3.03. The molecule has 0 unspecified atom stereocenters. The number of fused-ring (bicyclic) bond motifs is 1. The molecule has 1 aliphatic carbocycles. The van der Waals surface area contributed by atoms with Crippen molar-refractivity contribution in [3.05, 3.63) is 52.6 Å². The Hall–Kier alpha value is -2.82. The smallest absolute Gasteiger partial charge is 0.255 e. The number of ether oxygens (including phenoxy) is 2. The van der Waals surface area contributed by atoms with E-state index in [9.17, 15) is 9.59 Å². The third kappa shape index (κ3) is 3.54. The van der Waals surface area contributed by atoms with E-state index in [2.05, 4.69) is 26.1 Å². The van der Waals surface area contributed by atoms with Gasteiger partial charge in [-0.25, -0.2) is 0 Å². The van der Waals surface area contributed by atoms with Crippen molar-refractivity contribution in [2.45, 2.75) is 39.0 Å². The number of Topliss-reactive ketones (excluding diaryl/α,β-unsaturated/α-hetero) is 1. The zero-order chi connectivity index (χ0) is 19.8. The molecule has 27 heavy (non-hydrogen) atoms. The van der Waals surface area contributed by atoms with E-state index in [1.807, 2.05) is 24.3 Å². The van der Waals surface area contributed by atoms with Gasteiger partial charge in [0.25, 0.3) is 5.91 Å². The minimum Gasteiger partial charge on any atom is -0.493 e. The lowest BCUT2D eigenvalue weighted by Crippen LogP contribution is -2.15. The standard InChI is InChI=1S/C22H25NO4/c1-22(2,3)14-8-6-13(7-9-14)21(25)23-16-12-18(26-4)20(27-5)19-15(16)10-11-17(19)24/h6-9,12H,10-11H2,1-5H3,(H,23,25). The second-order valence-electron chi connectivity index (χ2n) is 7.72. The highest BCUT2D eigenvalue weighted by atomic mass is 16.5. The molecule has 2 aromatic carbocycles. The molecule has 1 N–H and O–H groups in total. The first-order valence-electron chi connectivity index (χ1n) is 8.99. The molecule has 1 aliphatic rings. The molecular weight excluding hydrogens is 342 g/mol. The van der Waals surface area contributed by atoms with E-state index in [0.29, 0.717) is 41.2 Å². The quantitative estimate of drug-likeness (QED) is 0.871. The maximum absolute atomic E-state index is 12.7. The number of hydrogen-bond donors (Lipinski definition) is 1. The van der Waals surface area contributed by atoms with Gasteiger partial charge in [-0.15, -0.1) is 0 Å². The number of ketones is 1. The SMILES string of the molecule is COc1cc(NC(=O)c2ccc(C(C)(C)C)cc2)c2c(c1OC)C(=O)CC2. The number of methoxy groups -OCH3 is 2. The second-order valence-corrected chi connectivity index (χ2v) is 7.72. The monoisotopic (exact) mass is 367 g/mol. The van der Waals surface area contributed by atoms with E-state index >= 15 is 0 Å². The predicted molar refractivity (Wildman–Crippen MR) is 105 cm³/mol. The predicted octanol–water partition coefficient (Wildman–Crippen LogP) is 4.38. The van der Waals surface area contributed by atoms with Crippen molar-refractivity contribution in [3.63, 3.8) is 0 Å². The molecule has 0 aromatic heterocycles.